The number of carbonyl (C=O) groups excluding carboxylic acids is 1. The lowest BCUT2D eigenvalue weighted by Gasteiger charge is -2.15. The average Bonchev–Trinajstić information content (AvgIpc) is 2.92. The van der Waals surface area contributed by atoms with Crippen molar-refractivity contribution in [1.82, 2.24) is 4.90 Å². The highest BCUT2D eigenvalue weighted by Gasteiger charge is 2.19. The zero-order valence-corrected chi connectivity index (χ0v) is 11.9. The van der Waals surface area contributed by atoms with Crippen LogP contribution in [-0.4, -0.2) is 30.5 Å². The van der Waals surface area contributed by atoms with Crippen LogP contribution < -0.4 is 4.74 Å². The zero-order valence-electron chi connectivity index (χ0n) is 11.9. The molecule has 0 aromatic heterocycles. The molecule has 3 heteroatoms. The summed E-state index contributed by atoms with van der Waals surface area (Å²) in [5, 5.41) is 0. The summed E-state index contributed by atoms with van der Waals surface area (Å²) in [6.45, 7) is 6.89. The Morgan fingerprint density at radius 3 is 2.42 bits per heavy atom. The van der Waals surface area contributed by atoms with Crippen LogP contribution in [0.4, 0.5) is 0 Å². The molecule has 1 fully saturated rings. The summed E-state index contributed by atoms with van der Waals surface area (Å²) >= 11 is 0. The Morgan fingerprint density at radius 1 is 1.21 bits per heavy atom. The minimum atomic E-state index is 0.145. The van der Waals surface area contributed by atoms with Crippen molar-refractivity contribution in [1.29, 1.82) is 0 Å². The molecule has 104 valence electrons. The van der Waals surface area contributed by atoms with Crippen molar-refractivity contribution in [2.24, 2.45) is 5.92 Å². The van der Waals surface area contributed by atoms with Crippen LogP contribution in [0.2, 0.25) is 0 Å². The summed E-state index contributed by atoms with van der Waals surface area (Å²) in [6, 6.07) is 7.52. The maximum atomic E-state index is 12.1. The highest BCUT2D eigenvalue weighted by molar-refractivity contribution is 5.94. The van der Waals surface area contributed by atoms with E-state index >= 15 is 0 Å². The average molecular weight is 261 g/mol. The normalized spacial score (nSPS) is 15.0. The van der Waals surface area contributed by atoms with Crippen molar-refractivity contribution in [2.45, 2.75) is 33.1 Å². The lowest BCUT2D eigenvalue weighted by Crippen LogP contribution is -2.27. The predicted molar refractivity (Wildman–Crippen MR) is 76.5 cm³/mol. The van der Waals surface area contributed by atoms with Crippen LogP contribution in [0.3, 0.4) is 0 Å². The molecular formula is C16H23NO2. The van der Waals surface area contributed by atoms with Gasteiger partial charge in [-0.05, 0) is 49.4 Å². The van der Waals surface area contributed by atoms with Crippen LogP contribution in [0.25, 0.3) is 0 Å². The SMILES string of the molecule is CC(C)CCOc1ccc(C(=O)N2CCCC2)cc1. The predicted octanol–water partition coefficient (Wildman–Crippen LogP) is 3.35. The quantitative estimate of drug-likeness (QED) is 0.813. The molecule has 1 heterocycles. The number of likely N-dealkylation sites (tertiary alicyclic amines) is 1. The Hall–Kier alpha value is -1.51. The summed E-state index contributed by atoms with van der Waals surface area (Å²) in [5.74, 6) is 1.64. The minimum Gasteiger partial charge on any atom is -0.494 e. The van der Waals surface area contributed by atoms with Gasteiger partial charge in [-0.2, -0.15) is 0 Å². The molecule has 0 bridgehead atoms. The van der Waals surface area contributed by atoms with E-state index in [2.05, 4.69) is 13.8 Å². The van der Waals surface area contributed by atoms with Crippen LogP contribution in [0.1, 0.15) is 43.5 Å². The van der Waals surface area contributed by atoms with Gasteiger partial charge in [0.25, 0.3) is 5.91 Å². The molecule has 0 spiro atoms. The molecule has 0 atom stereocenters. The van der Waals surface area contributed by atoms with E-state index in [1.54, 1.807) is 0 Å². The fourth-order valence-electron chi connectivity index (χ4n) is 2.21. The molecule has 0 unspecified atom stereocenters. The van der Waals surface area contributed by atoms with Crippen molar-refractivity contribution < 1.29 is 9.53 Å². The van der Waals surface area contributed by atoms with Gasteiger partial charge in [0.2, 0.25) is 0 Å². The highest BCUT2D eigenvalue weighted by atomic mass is 16.5. The summed E-state index contributed by atoms with van der Waals surface area (Å²) in [6.07, 6.45) is 3.30. The third-order valence-electron chi connectivity index (χ3n) is 3.46. The first-order valence-electron chi connectivity index (χ1n) is 7.19. The Morgan fingerprint density at radius 2 is 1.84 bits per heavy atom. The first kappa shape index (κ1) is 13.9. The van der Waals surface area contributed by atoms with Crippen LogP contribution in [-0.2, 0) is 0 Å². The first-order valence-corrected chi connectivity index (χ1v) is 7.19. The smallest absolute Gasteiger partial charge is 0.253 e. The topological polar surface area (TPSA) is 29.5 Å². The molecule has 1 aliphatic heterocycles. The van der Waals surface area contributed by atoms with Gasteiger partial charge in [0, 0.05) is 18.7 Å². The Bertz CT molecular complexity index is 405. The van der Waals surface area contributed by atoms with Gasteiger partial charge in [0.1, 0.15) is 5.75 Å². The molecule has 1 aliphatic rings. The first-order chi connectivity index (χ1) is 9.16. The van der Waals surface area contributed by atoms with E-state index in [0.717, 1.165) is 50.3 Å². The van der Waals surface area contributed by atoms with Gasteiger partial charge in [-0.25, -0.2) is 0 Å². The molecule has 19 heavy (non-hydrogen) atoms. The summed E-state index contributed by atoms with van der Waals surface area (Å²) in [4.78, 5) is 14.1. The van der Waals surface area contributed by atoms with Crippen LogP contribution in [0.5, 0.6) is 5.75 Å². The molecule has 3 nitrogen and oxygen atoms in total. The van der Waals surface area contributed by atoms with E-state index in [4.69, 9.17) is 4.74 Å². The Labute approximate surface area is 115 Å². The van der Waals surface area contributed by atoms with Crippen LogP contribution >= 0.6 is 0 Å². The summed E-state index contributed by atoms with van der Waals surface area (Å²) in [7, 11) is 0. The van der Waals surface area contributed by atoms with Gasteiger partial charge in [0.15, 0.2) is 0 Å². The number of hydrogen-bond donors (Lipinski definition) is 0. The van der Waals surface area contributed by atoms with E-state index in [1.807, 2.05) is 29.2 Å². The third kappa shape index (κ3) is 3.98. The number of benzene rings is 1. The summed E-state index contributed by atoms with van der Waals surface area (Å²) < 4.78 is 5.65. The monoisotopic (exact) mass is 261 g/mol. The maximum absolute atomic E-state index is 12.1. The van der Waals surface area contributed by atoms with Crippen LogP contribution in [0.15, 0.2) is 24.3 Å². The zero-order chi connectivity index (χ0) is 13.7. The lowest BCUT2D eigenvalue weighted by molar-refractivity contribution is 0.0793. The molecule has 1 saturated heterocycles. The van der Waals surface area contributed by atoms with Gasteiger partial charge >= 0.3 is 0 Å². The van der Waals surface area contributed by atoms with Crippen molar-refractivity contribution in [2.75, 3.05) is 19.7 Å². The Kier molecular flexibility index (Phi) is 4.83. The number of rotatable bonds is 5. The van der Waals surface area contributed by atoms with E-state index in [-0.39, 0.29) is 5.91 Å². The van der Waals surface area contributed by atoms with Gasteiger partial charge in [-0.1, -0.05) is 13.8 Å². The second-order valence-corrected chi connectivity index (χ2v) is 5.55. The standard InChI is InChI=1S/C16H23NO2/c1-13(2)9-12-19-15-7-5-14(6-8-15)16(18)17-10-3-4-11-17/h5-8,13H,3-4,9-12H2,1-2H3. The molecule has 1 amide bonds. The van der Waals surface area contributed by atoms with E-state index in [9.17, 15) is 4.79 Å². The van der Waals surface area contributed by atoms with Gasteiger partial charge in [-0.3, -0.25) is 4.79 Å². The number of carbonyl (C=O) groups is 1. The van der Waals surface area contributed by atoms with Crippen LogP contribution in [0, 0.1) is 5.92 Å². The number of hydrogen-bond acceptors (Lipinski definition) is 2. The molecular weight excluding hydrogens is 238 g/mol. The molecule has 0 aliphatic carbocycles. The number of nitrogens with zero attached hydrogens (tertiary/aromatic N) is 1. The minimum absolute atomic E-state index is 0.145. The van der Waals surface area contributed by atoms with E-state index < -0.39 is 0 Å². The van der Waals surface area contributed by atoms with E-state index in [0.29, 0.717) is 5.92 Å². The second-order valence-electron chi connectivity index (χ2n) is 5.55. The maximum Gasteiger partial charge on any atom is 0.253 e. The number of amides is 1. The molecule has 2 rings (SSSR count). The molecule has 0 radical (unpaired) electrons. The number of ether oxygens (including phenoxy) is 1. The van der Waals surface area contributed by atoms with E-state index in [1.165, 1.54) is 0 Å². The molecule has 0 saturated carbocycles. The fourth-order valence-corrected chi connectivity index (χ4v) is 2.21. The van der Waals surface area contributed by atoms with Gasteiger partial charge in [-0.15, -0.1) is 0 Å². The highest BCUT2D eigenvalue weighted by Crippen LogP contribution is 2.17. The van der Waals surface area contributed by atoms with Crippen molar-refractivity contribution >= 4 is 5.91 Å². The largest absolute Gasteiger partial charge is 0.494 e. The fraction of sp³-hybridized carbons (Fsp3) is 0.562. The molecule has 1 aromatic rings. The van der Waals surface area contributed by atoms with Gasteiger partial charge < -0.3 is 9.64 Å². The molecule has 1 aromatic carbocycles. The Balaban J connectivity index is 1.88. The third-order valence-corrected chi connectivity index (χ3v) is 3.46. The van der Waals surface area contributed by atoms with Gasteiger partial charge in [0.05, 0.1) is 6.61 Å². The van der Waals surface area contributed by atoms with Crippen molar-refractivity contribution in [3.05, 3.63) is 29.8 Å². The van der Waals surface area contributed by atoms with Crippen molar-refractivity contribution in [3.8, 4) is 5.75 Å². The second kappa shape index (κ2) is 6.60. The lowest BCUT2D eigenvalue weighted by atomic mass is 10.1. The summed E-state index contributed by atoms with van der Waals surface area (Å²) in [5.41, 5.74) is 0.762. The molecule has 0 N–H and O–H groups in total. The van der Waals surface area contributed by atoms with Crippen molar-refractivity contribution in [3.63, 3.8) is 0 Å².